The van der Waals surface area contributed by atoms with Crippen molar-refractivity contribution in [3.8, 4) is 0 Å². The van der Waals surface area contributed by atoms with Crippen molar-refractivity contribution in [2.24, 2.45) is 5.92 Å². The molecule has 0 radical (unpaired) electrons. The Bertz CT molecular complexity index is 698. The quantitative estimate of drug-likeness (QED) is 0.738. The number of benzene rings is 1. The summed E-state index contributed by atoms with van der Waals surface area (Å²) in [4.78, 5) is 40.4. The number of anilines is 1. The number of para-hydroxylation sites is 1. The van der Waals surface area contributed by atoms with Gasteiger partial charge >= 0.3 is 12.1 Å². The van der Waals surface area contributed by atoms with E-state index < -0.39 is 29.7 Å². The van der Waals surface area contributed by atoms with E-state index in [0.717, 1.165) is 5.69 Å². The molecular weight excluding hydrogens is 360 g/mol. The number of nitrogens with zero attached hydrogens (tertiary/aromatic N) is 2. The Balaban J connectivity index is 1.92. The molecule has 7 nitrogen and oxygen atoms in total. The van der Waals surface area contributed by atoms with Crippen LogP contribution in [0.5, 0.6) is 0 Å². The van der Waals surface area contributed by atoms with Crippen molar-refractivity contribution in [1.29, 1.82) is 0 Å². The van der Waals surface area contributed by atoms with Crippen molar-refractivity contribution in [2.75, 3.05) is 25.0 Å². The summed E-state index contributed by atoms with van der Waals surface area (Å²) >= 11 is 0. The molecule has 1 aliphatic heterocycles. The molecule has 0 N–H and O–H groups in total. The predicted octanol–water partition coefficient (Wildman–Crippen LogP) is 3.23. The third-order valence-corrected chi connectivity index (χ3v) is 4.52. The summed E-state index contributed by atoms with van der Waals surface area (Å²) in [5.41, 5.74) is 0.136. The monoisotopic (exact) mass is 390 g/mol. The van der Waals surface area contributed by atoms with Crippen molar-refractivity contribution in [2.45, 2.75) is 52.2 Å². The van der Waals surface area contributed by atoms with Crippen LogP contribution in [0.25, 0.3) is 0 Å². The largest absolute Gasteiger partial charge is 0.452 e. The highest BCUT2D eigenvalue weighted by Gasteiger charge is 2.33. The molecule has 1 heterocycles. The maximum Gasteiger partial charge on any atom is 0.410 e. The SMILES string of the molecule is CC(OC(=O)C1CCCN(C(=O)OC(C)(C)C)C1)C(=O)N(C)c1ccccc1. The first-order chi connectivity index (χ1) is 13.1. The van der Waals surface area contributed by atoms with Crippen LogP contribution in [-0.2, 0) is 19.1 Å². The van der Waals surface area contributed by atoms with E-state index in [9.17, 15) is 14.4 Å². The molecule has 0 aromatic heterocycles. The fourth-order valence-electron chi connectivity index (χ4n) is 3.03. The third kappa shape index (κ3) is 5.97. The molecule has 28 heavy (non-hydrogen) atoms. The van der Waals surface area contributed by atoms with Crippen molar-refractivity contribution in [1.82, 2.24) is 4.90 Å². The lowest BCUT2D eigenvalue weighted by Crippen LogP contribution is -2.46. The highest BCUT2D eigenvalue weighted by molar-refractivity contribution is 5.97. The minimum Gasteiger partial charge on any atom is -0.452 e. The molecule has 1 aromatic carbocycles. The lowest BCUT2D eigenvalue weighted by atomic mass is 9.98. The fourth-order valence-corrected chi connectivity index (χ4v) is 3.03. The standard InChI is InChI=1S/C21H30N2O5/c1-15(18(24)22(5)17-11-7-6-8-12-17)27-19(25)16-10-9-13-23(14-16)20(26)28-21(2,3)4/h6-8,11-12,15-16H,9-10,13-14H2,1-5H3. The lowest BCUT2D eigenvalue weighted by molar-refractivity contribution is -0.159. The molecule has 0 spiro atoms. The van der Waals surface area contributed by atoms with Gasteiger partial charge in [0.2, 0.25) is 0 Å². The van der Waals surface area contributed by atoms with E-state index in [4.69, 9.17) is 9.47 Å². The first-order valence-electron chi connectivity index (χ1n) is 9.59. The van der Waals surface area contributed by atoms with Crippen LogP contribution >= 0.6 is 0 Å². The van der Waals surface area contributed by atoms with Crippen molar-refractivity contribution in [3.63, 3.8) is 0 Å². The van der Waals surface area contributed by atoms with Crippen LogP contribution in [0.2, 0.25) is 0 Å². The number of likely N-dealkylation sites (N-methyl/N-ethyl adjacent to an activating group) is 1. The van der Waals surface area contributed by atoms with E-state index in [0.29, 0.717) is 19.4 Å². The van der Waals surface area contributed by atoms with Crippen LogP contribution < -0.4 is 4.90 Å². The minimum atomic E-state index is -0.908. The van der Waals surface area contributed by atoms with Gasteiger partial charge in [0, 0.05) is 25.8 Å². The van der Waals surface area contributed by atoms with Gasteiger partial charge in [-0.05, 0) is 52.7 Å². The third-order valence-electron chi connectivity index (χ3n) is 4.52. The normalized spacial score (nSPS) is 18.2. The molecule has 0 bridgehead atoms. The summed E-state index contributed by atoms with van der Waals surface area (Å²) in [5.74, 6) is -1.23. The van der Waals surface area contributed by atoms with Gasteiger partial charge in [0.1, 0.15) is 5.60 Å². The zero-order chi connectivity index (χ0) is 20.9. The number of carbonyl (C=O) groups excluding carboxylic acids is 3. The van der Waals surface area contributed by atoms with Crippen LogP contribution in [0.3, 0.4) is 0 Å². The lowest BCUT2D eigenvalue weighted by Gasteiger charge is -2.33. The molecule has 0 saturated carbocycles. The summed E-state index contributed by atoms with van der Waals surface area (Å²) in [7, 11) is 1.65. The molecule has 1 saturated heterocycles. The number of likely N-dealkylation sites (tertiary alicyclic amines) is 1. The first-order valence-corrected chi connectivity index (χ1v) is 9.59. The van der Waals surface area contributed by atoms with Gasteiger partial charge in [0.15, 0.2) is 6.10 Å². The molecule has 2 amide bonds. The van der Waals surface area contributed by atoms with Gasteiger partial charge in [-0.15, -0.1) is 0 Å². The van der Waals surface area contributed by atoms with Gasteiger partial charge in [0.05, 0.1) is 5.92 Å². The average Bonchev–Trinajstić information content (AvgIpc) is 2.66. The van der Waals surface area contributed by atoms with Gasteiger partial charge in [-0.2, -0.15) is 0 Å². The molecular formula is C21H30N2O5. The smallest absolute Gasteiger partial charge is 0.410 e. The molecule has 154 valence electrons. The summed E-state index contributed by atoms with van der Waals surface area (Å²) in [6.45, 7) is 7.76. The summed E-state index contributed by atoms with van der Waals surface area (Å²) < 4.78 is 10.8. The minimum absolute atomic E-state index is 0.239. The highest BCUT2D eigenvalue weighted by Crippen LogP contribution is 2.21. The topological polar surface area (TPSA) is 76.1 Å². The highest BCUT2D eigenvalue weighted by atomic mass is 16.6. The van der Waals surface area contributed by atoms with Crippen molar-refractivity contribution >= 4 is 23.7 Å². The van der Waals surface area contributed by atoms with E-state index in [2.05, 4.69) is 0 Å². The molecule has 2 unspecified atom stereocenters. The van der Waals surface area contributed by atoms with Gasteiger partial charge in [-0.1, -0.05) is 18.2 Å². The van der Waals surface area contributed by atoms with E-state index in [1.54, 1.807) is 34.7 Å². The molecule has 1 fully saturated rings. The van der Waals surface area contributed by atoms with Crippen molar-refractivity contribution < 1.29 is 23.9 Å². The van der Waals surface area contributed by atoms with Gasteiger partial charge in [0.25, 0.3) is 5.91 Å². The Morgan fingerprint density at radius 1 is 1.18 bits per heavy atom. The predicted molar refractivity (Wildman–Crippen MR) is 106 cm³/mol. The number of carbonyl (C=O) groups is 3. The number of amides is 2. The molecule has 1 aliphatic rings. The number of esters is 1. The zero-order valence-corrected chi connectivity index (χ0v) is 17.3. The maximum absolute atomic E-state index is 12.6. The van der Waals surface area contributed by atoms with Crippen LogP contribution in [0.4, 0.5) is 10.5 Å². The Kier molecular flexibility index (Phi) is 7.05. The van der Waals surface area contributed by atoms with E-state index in [-0.39, 0.29) is 12.5 Å². The Morgan fingerprint density at radius 2 is 1.82 bits per heavy atom. The fraction of sp³-hybridized carbons (Fsp3) is 0.571. The number of rotatable bonds is 4. The van der Waals surface area contributed by atoms with E-state index in [1.807, 2.05) is 30.3 Å². The van der Waals surface area contributed by atoms with E-state index in [1.165, 1.54) is 9.80 Å². The number of hydrogen-bond acceptors (Lipinski definition) is 5. The van der Waals surface area contributed by atoms with Crippen LogP contribution in [0.15, 0.2) is 30.3 Å². The van der Waals surface area contributed by atoms with Gasteiger partial charge in [-0.3, -0.25) is 9.59 Å². The van der Waals surface area contributed by atoms with Crippen molar-refractivity contribution in [3.05, 3.63) is 30.3 Å². The summed E-state index contributed by atoms with van der Waals surface area (Å²) in [6, 6.07) is 9.16. The van der Waals surface area contributed by atoms with Crippen LogP contribution in [0, 0.1) is 5.92 Å². The Morgan fingerprint density at radius 3 is 2.43 bits per heavy atom. The zero-order valence-electron chi connectivity index (χ0n) is 17.3. The van der Waals surface area contributed by atoms with Gasteiger partial charge < -0.3 is 19.3 Å². The molecule has 0 aliphatic carbocycles. The molecule has 7 heteroatoms. The second-order valence-electron chi connectivity index (χ2n) is 8.08. The van der Waals surface area contributed by atoms with Crippen LogP contribution in [0.1, 0.15) is 40.5 Å². The Hall–Kier alpha value is -2.57. The van der Waals surface area contributed by atoms with E-state index >= 15 is 0 Å². The first kappa shape index (κ1) is 21.7. The maximum atomic E-state index is 12.6. The number of hydrogen-bond donors (Lipinski definition) is 0. The van der Waals surface area contributed by atoms with Crippen LogP contribution in [-0.4, -0.2) is 54.7 Å². The second kappa shape index (κ2) is 9.08. The summed E-state index contributed by atoms with van der Waals surface area (Å²) in [5, 5.41) is 0. The molecule has 1 aromatic rings. The second-order valence-corrected chi connectivity index (χ2v) is 8.08. The molecule has 2 rings (SSSR count). The number of piperidine rings is 1. The Labute approximate surface area is 166 Å². The molecule has 2 atom stereocenters. The van der Waals surface area contributed by atoms with Gasteiger partial charge in [-0.25, -0.2) is 4.79 Å². The average molecular weight is 390 g/mol. The summed E-state index contributed by atoms with van der Waals surface area (Å²) in [6.07, 6.45) is -0.0358. The number of ether oxygens (including phenoxy) is 2.